The van der Waals surface area contributed by atoms with E-state index in [1.54, 1.807) is 49.6 Å². The number of carbonyl (C=O) groups is 1. The number of nitriles is 1. The predicted molar refractivity (Wildman–Crippen MR) is 202 cm³/mol. The fourth-order valence-electron chi connectivity index (χ4n) is 5.62. The van der Waals surface area contributed by atoms with E-state index in [0.717, 1.165) is 42.2 Å². The summed E-state index contributed by atoms with van der Waals surface area (Å²) in [5.41, 5.74) is 1.12. The van der Waals surface area contributed by atoms with Gasteiger partial charge in [-0.3, -0.25) is 5.32 Å². The summed E-state index contributed by atoms with van der Waals surface area (Å²) in [5, 5.41) is 34.4. The highest BCUT2D eigenvalue weighted by molar-refractivity contribution is 7.10. The zero-order valence-electron chi connectivity index (χ0n) is 29.0. The van der Waals surface area contributed by atoms with Crippen molar-refractivity contribution in [1.82, 2.24) is 25.1 Å². The lowest BCUT2D eigenvalue weighted by molar-refractivity contribution is -0.0117. The van der Waals surface area contributed by atoms with Crippen molar-refractivity contribution >= 4 is 47.9 Å². The van der Waals surface area contributed by atoms with Crippen molar-refractivity contribution < 1.29 is 23.4 Å². The van der Waals surface area contributed by atoms with Crippen LogP contribution < -0.4 is 10.6 Å². The Morgan fingerprint density at radius 1 is 1.08 bits per heavy atom. The third kappa shape index (κ3) is 9.90. The monoisotopic (exact) mass is 771 g/mol. The number of benzene rings is 3. The maximum atomic E-state index is 15.3. The largest absolute Gasteiger partial charge is 0.438 e. The summed E-state index contributed by atoms with van der Waals surface area (Å²) in [7, 11) is 0. The molecule has 1 amide bonds. The van der Waals surface area contributed by atoms with Crippen molar-refractivity contribution in [3.63, 3.8) is 0 Å². The summed E-state index contributed by atoms with van der Waals surface area (Å²) >= 11 is 1.26. The highest BCUT2D eigenvalue weighted by Crippen LogP contribution is 2.41. The van der Waals surface area contributed by atoms with Crippen LogP contribution in [-0.4, -0.2) is 37.0 Å². The average Bonchev–Trinajstić information content (AvgIpc) is 3.81. The maximum absolute atomic E-state index is 15.3. The molecule has 0 saturated carbocycles. The Morgan fingerprint density at radius 2 is 1.79 bits per heavy atom. The number of nitrogens with zero attached hydrogens (tertiary/aromatic N) is 5. The Morgan fingerprint density at radius 3 is 2.48 bits per heavy atom. The van der Waals surface area contributed by atoms with E-state index in [9.17, 15) is 14.3 Å². The SMILES string of the molecule is CCC(CC)NCc1ccccc1NC(=O)OC(C)c1ncn(C[C@](O)(c2cc(F)ccc2F)[C@@H](C)c2nc(-c3ccc(C#N)cc3)cs2)n1.Cl.Cl. The van der Waals surface area contributed by atoms with E-state index in [-0.39, 0.29) is 42.7 Å². The van der Waals surface area contributed by atoms with E-state index in [2.05, 4.69) is 40.6 Å². The molecule has 10 nitrogen and oxygen atoms in total. The molecule has 52 heavy (non-hydrogen) atoms. The Kier molecular flexibility index (Phi) is 15.2. The highest BCUT2D eigenvalue weighted by atomic mass is 35.5. The molecule has 0 saturated heterocycles. The number of nitrogens with one attached hydrogen (secondary N) is 2. The number of thiazole rings is 1. The molecule has 2 heterocycles. The van der Waals surface area contributed by atoms with Gasteiger partial charge in [0.2, 0.25) is 0 Å². The normalized spacial score (nSPS) is 13.2. The minimum atomic E-state index is -2.02. The average molecular weight is 773 g/mol. The summed E-state index contributed by atoms with van der Waals surface area (Å²) < 4.78 is 36.7. The molecule has 15 heteroatoms. The number of amides is 1. The standard InChI is InChI=1S/C37H39F2N7O3S.2ClH/c1-5-29(6-2)41-19-27-9-7-8-10-32(27)44-36(47)49-24(4)34-42-22-46(45-34)21-37(48,30-17-28(38)15-16-31(30)39)23(3)35-43-33(20-50-35)26-13-11-25(18-40)12-14-26;;/h7-17,20,22-24,29,41,48H,5-6,19,21H2,1-4H3,(H,44,47);2*1H/t23-,24?,37+;;/m0../s1. The van der Waals surface area contributed by atoms with Gasteiger partial charge in [-0.05, 0) is 61.7 Å². The summed E-state index contributed by atoms with van der Waals surface area (Å²) in [6, 6.07) is 19.7. The molecule has 5 rings (SSSR count). The number of aliphatic hydroxyl groups is 1. The molecule has 276 valence electrons. The first kappa shape index (κ1) is 42.0. The van der Waals surface area contributed by atoms with Crippen molar-refractivity contribution in [2.45, 2.75) is 77.3 Å². The number of ether oxygens (including phenoxy) is 1. The van der Waals surface area contributed by atoms with Gasteiger partial charge in [-0.15, -0.1) is 36.2 Å². The number of anilines is 1. The van der Waals surface area contributed by atoms with Crippen LogP contribution in [0.5, 0.6) is 0 Å². The van der Waals surface area contributed by atoms with Crippen LogP contribution in [0.4, 0.5) is 19.3 Å². The van der Waals surface area contributed by atoms with E-state index in [1.165, 1.54) is 22.3 Å². The smallest absolute Gasteiger partial charge is 0.412 e. The van der Waals surface area contributed by atoms with Crippen LogP contribution >= 0.6 is 36.2 Å². The maximum Gasteiger partial charge on any atom is 0.412 e. The Balaban J connectivity index is 0.00000364. The second-order valence-corrected chi connectivity index (χ2v) is 12.9. The fraction of sp³-hybridized carbons (Fsp3) is 0.324. The summed E-state index contributed by atoms with van der Waals surface area (Å²) in [6.45, 7) is 7.80. The van der Waals surface area contributed by atoms with Crippen LogP contribution in [0, 0.1) is 23.0 Å². The molecule has 0 aliphatic rings. The van der Waals surface area contributed by atoms with Gasteiger partial charge < -0.3 is 15.2 Å². The minimum absolute atomic E-state index is 0. The van der Waals surface area contributed by atoms with Gasteiger partial charge in [0, 0.05) is 40.7 Å². The number of hydrogen-bond acceptors (Lipinski definition) is 9. The van der Waals surface area contributed by atoms with E-state index in [1.807, 2.05) is 18.2 Å². The predicted octanol–water partition coefficient (Wildman–Crippen LogP) is 8.67. The van der Waals surface area contributed by atoms with Crippen LogP contribution in [0.3, 0.4) is 0 Å². The first-order valence-corrected chi connectivity index (χ1v) is 17.2. The topological polar surface area (TPSA) is 138 Å². The molecule has 0 fully saturated rings. The molecule has 3 aromatic carbocycles. The number of rotatable bonds is 14. The molecule has 0 aliphatic carbocycles. The van der Waals surface area contributed by atoms with Crippen LogP contribution in [0.1, 0.15) is 80.1 Å². The first-order valence-electron chi connectivity index (χ1n) is 16.4. The number of hydrogen-bond donors (Lipinski definition) is 3. The fourth-order valence-corrected chi connectivity index (χ4v) is 6.59. The zero-order chi connectivity index (χ0) is 35.8. The highest BCUT2D eigenvalue weighted by Gasteiger charge is 2.42. The molecule has 3 atom stereocenters. The quantitative estimate of drug-likeness (QED) is 0.102. The molecule has 3 N–H and O–H groups in total. The second kappa shape index (κ2) is 18.9. The van der Waals surface area contributed by atoms with Gasteiger partial charge in [0.25, 0.3) is 0 Å². The van der Waals surface area contributed by atoms with E-state index in [4.69, 9.17) is 15.0 Å². The molecular weight excluding hydrogens is 731 g/mol. The third-order valence-corrected chi connectivity index (χ3v) is 9.77. The Labute approximate surface area is 318 Å². The van der Waals surface area contributed by atoms with Crippen LogP contribution in [0.2, 0.25) is 0 Å². The summed E-state index contributed by atoms with van der Waals surface area (Å²) in [5.74, 6) is -2.20. The number of halogens is 4. The molecule has 0 spiro atoms. The minimum Gasteiger partial charge on any atom is -0.438 e. The van der Waals surface area contributed by atoms with Crippen molar-refractivity contribution in [3.8, 4) is 17.3 Å². The lowest BCUT2D eigenvalue weighted by Gasteiger charge is -2.33. The zero-order valence-corrected chi connectivity index (χ0v) is 31.5. The van der Waals surface area contributed by atoms with Crippen molar-refractivity contribution in [2.75, 3.05) is 5.32 Å². The lowest BCUT2D eigenvalue weighted by Crippen LogP contribution is -2.38. The van der Waals surface area contributed by atoms with E-state index in [0.29, 0.717) is 34.5 Å². The van der Waals surface area contributed by atoms with Crippen molar-refractivity contribution in [2.24, 2.45) is 0 Å². The first-order chi connectivity index (χ1) is 24.0. The van der Waals surface area contributed by atoms with Gasteiger partial charge in [0.05, 0.1) is 28.9 Å². The van der Waals surface area contributed by atoms with Gasteiger partial charge in [-0.2, -0.15) is 10.4 Å². The third-order valence-electron chi connectivity index (χ3n) is 8.74. The Bertz CT molecular complexity index is 1970. The van der Waals surface area contributed by atoms with Gasteiger partial charge >= 0.3 is 6.09 Å². The second-order valence-electron chi connectivity index (χ2n) is 12.1. The summed E-state index contributed by atoms with van der Waals surface area (Å²) in [4.78, 5) is 21.9. The van der Waals surface area contributed by atoms with Crippen molar-refractivity contribution in [1.29, 1.82) is 5.26 Å². The summed E-state index contributed by atoms with van der Waals surface area (Å²) in [6.07, 6.45) is 1.74. The van der Waals surface area contributed by atoms with Gasteiger partial charge in [-0.1, -0.05) is 51.1 Å². The van der Waals surface area contributed by atoms with Gasteiger partial charge in [0.1, 0.15) is 23.6 Å². The van der Waals surface area contributed by atoms with Gasteiger partial charge in [0.15, 0.2) is 11.9 Å². The van der Waals surface area contributed by atoms with Crippen LogP contribution in [-0.2, 0) is 23.4 Å². The van der Waals surface area contributed by atoms with Crippen molar-refractivity contribution in [3.05, 3.63) is 118 Å². The Hall–Kier alpha value is -4.45. The number of para-hydroxylation sites is 1. The molecule has 5 aromatic rings. The molecule has 0 radical (unpaired) electrons. The molecular formula is C37H41Cl2F2N7O3S. The molecule has 0 bridgehead atoms. The number of aromatic nitrogens is 4. The van der Waals surface area contributed by atoms with Gasteiger partial charge in [-0.25, -0.2) is 28.2 Å². The molecule has 0 aliphatic heterocycles. The molecule has 2 aromatic heterocycles. The lowest BCUT2D eigenvalue weighted by atomic mass is 9.82. The van der Waals surface area contributed by atoms with E-state index < -0.39 is 35.4 Å². The molecule has 1 unspecified atom stereocenters. The number of carbonyl (C=O) groups excluding carboxylic acids is 1. The van der Waals surface area contributed by atoms with Crippen LogP contribution in [0.25, 0.3) is 11.3 Å². The van der Waals surface area contributed by atoms with Crippen LogP contribution in [0.15, 0.2) is 78.4 Å². The van der Waals surface area contributed by atoms with E-state index >= 15 is 4.39 Å².